The summed E-state index contributed by atoms with van der Waals surface area (Å²) in [5.41, 5.74) is 0. The van der Waals surface area contributed by atoms with Gasteiger partial charge in [0.1, 0.15) is 0 Å². The standard InChI is InChI=1S/C13H11BrF16/c1-5(4-14)2-6(8(17,18)19)3-7(15,16)9(20,21)10(22,23)11(24,25)12(26,27)13(28,29)30/h5-6H,2-4H2,1H3. The van der Waals surface area contributed by atoms with Crippen molar-refractivity contribution in [3.63, 3.8) is 0 Å². The molecule has 0 amide bonds. The summed E-state index contributed by atoms with van der Waals surface area (Å²) < 4.78 is 207. The summed E-state index contributed by atoms with van der Waals surface area (Å²) in [4.78, 5) is 0. The fourth-order valence-electron chi connectivity index (χ4n) is 2.12. The molecule has 0 N–H and O–H groups in total. The molecule has 0 radical (unpaired) electrons. The van der Waals surface area contributed by atoms with E-state index in [0.717, 1.165) is 6.92 Å². The van der Waals surface area contributed by atoms with E-state index in [4.69, 9.17) is 0 Å². The Bertz CT molecular complexity index is 575. The Morgan fingerprint density at radius 2 is 0.967 bits per heavy atom. The van der Waals surface area contributed by atoms with Gasteiger partial charge >= 0.3 is 42.0 Å². The summed E-state index contributed by atoms with van der Waals surface area (Å²) in [6.07, 6.45) is -18.0. The third-order valence-corrected chi connectivity index (χ3v) is 5.02. The largest absolute Gasteiger partial charge is 0.460 e. The Hall–Kier alpha value is -0.640. The second-order valence-corrected chi connectivity index (χ2v) is 7.09. The zero-order valence-corrected chi connectivity index (χ0v) is 15.8. The molecule has 0 heterocycles. The van der Waals surface area contributed by atoms with Gasteiger partial charge in [-0.3, -0.25) is 0 Å². The van der Waals surface area contributed by atoms with Gasteiger partial charge in [0, 0.05) is 11.8 Å². The molecule has 2 atom stereocenters. The number of hydrogen-bond acceptors (Lipinski definition) is 0. The molecule has 17 heteroatoms. The SMILES string of the molecule is CC(CBr)CC(CC(F)(F)C(F)(F)C(F)(F)C(F)(F)C(F)(F)C(F)(F)F)C(F)(F)F. The predicted octanol–water partition coefficient (Wildman–Crippen LogP) is 7.71. The van der Waals surface area contributed by atoms with Crippen LogP contribution in [0.15, 0.2) is 0 Å². The van der Waals surface area contributed by atoms with E-state index in [2.05, 4.69) is 15.9 Å². The molecule has 0 spiro atoms. The lowest BCUT2D eigenvalue weighted by Gasteiger charge is -2.40. The van der Waals surface area contributed by atoms with Crippen molar-refractivity contribution in [1.29, 1.82) is 0 Å². The minimum Gasteiger partial charge on any atom is -0.200 e. The Balaban J connectivity index is 6.28. The first-order chi connectivity index (χ1) is 12.8. The molecule has 0 rings (SSSR count). The van der Waals surface area contributed by atoms with Crippen LogP contribution in [0.2, 0.25) is 0 Å². The summed E-state index contributed by atoms with van der Waals surface area (Å²) in [6.45, 7) is 0.969. The first kappa shape index (κ1) is 29.4. The number of alkyl halides is 17. The van der Waals surface area contributed by atoms with Crippen LogP contribution in [-0.4, -0.2) is 47.3 Å². The molecule has 0 aromatic carbocycles. The van der Waals surface area contributed by atoms with Crippen molar-refractivity contribution in [3.05, 3.63) is 0 Å². The number of rotatable bonds is 9. The molecule has 0 fully saturated rings. The van der Waals surface area contributed by atoms with Crippen molar-refractivity contribution >= 4 is 15.9 Å². The maximum absolute atomic E-state index is 13.6. The molecule has 30 heavy (non-hydrogen) atoms. The molecular formula is C13H11BrF16. The highest BCUT2D eigenvalue weighted by Crippen LogP contribution is 2.61. The summed E-state index contributed by atoms with van der Waals surface area (Å²) >= 11 is 2.62. The van der Waals surface area contributed by atoms with E-state index >= 15 is 0 Å². The van der Waals surface area contributed by atoms with E-state index in [0.29, 0.717) is 0 Å². The van der Waals surface area contributed by atoms with Gasteiger partial charge in [0.15, 0.2) is 0 Å². The highest BCUT2D eigenvalue weighted by atomic mass is 79.9. The van der Waals surface area contributed by atoms with E-state index in [1.165, 1.54) is 0 Å². The van der Waals surface area contributed by atoms with Gasteiger partial charge in [0.2, 0.25) is 0 Å². The minimum atomic E-state index is -8.14. The molecule has 0 bridgehead atoms. The maximum atomic E-state index is 13.6. The van der Waals surface area contributed by atoms with Gasteiger partial charge in [-0.2, -0.15) is 70.2 Å². The van der Waals surface area contributed by atoms with E-state index in [-0.39, 0.29) is 5.33 Å². The summed E-state index contributed by atoms with van der Waals surface area (Å²) in [7, 11) is 0. The second kappa shape index (κ2) is 8.37. The molecule has 2 unspecified atom stereocenters. The van der Waals surface area contributed by atoms with Crippen LogP contribution in [0.5, 0.6) is 0 Å². The monoisotopic (exact) mass is 550 g/mol. The summed E-state index contributed by atoms with van der Waals surface area (Å²) in [5.74, 6) is -43.3. The minimum absolute atomic E-state index is 0.326. The second-order valence-electron chi connectivity index (χ2n) is 6.44. The van der Waals surface area contributed by atoms with E-state index in [1.807, 2.05) is 0 Å². The lowest BCUT2D eigenvalue weighted by molar-refractivity contribution is -0.441. The van der Waals surface area contributed by atoms with Crippen LogP contribution < -0.4 is 0 Å². The molecule has 0 aromatic heterocycles. The van der Waals surface area contributed by atoms with Crippen molar-refractivity contribution in [2.75, 3.05) is 5.33 Å². The quantitative estimate of drug-likeness (QED) is 0.204. The van der Waals surface area contributed by atoms with Gasteiger partial charge in [-0.1, -0.05) is 22.9 Å². The van der Waals surface area contributed by atoms with Crippen LogP contribution in [0.4, 0.5) is 70.2 Å². The zero-order chi connectivity index (χ0) is 24.8. The fraction of sp³-hybridized carbons (Fsp3) is 1.00. The fourth-order valence-corrected chi connectivity index (χ4v) is 2.39. The van der Waals surface area contributed by atoms with Gasteiger partial charge in [0.05, 0.1) is 5.92 Å². The van der Waals surface area contributed by atoms with Crippen LogP contribution in [0.1, 0.15) is 19.8 Å². The van der Waals surface area contributed by atoms with Crippen LogP contribution >= 0.6 is 15.9 Å². The molecule has 0 aliphatic rings. The summed E-state index contributed by atoms with van der Waals surface area (Å²) in [6, 6.07) is 0. The Morgan fingerprint density at radius 3 is 1.27 bits per heavy atom. The topological polar surface area (TPSA) is 0 Å². The maximum Gasteiger partial charge on any atom is 0.460 e. The first-order valence-corrected chi connectivity index (χ1v) is 8.52. The average Bonchev–Trinajstić information content (AvgIpc) is 2.50. The van der Waals surface area contributed by atoms with Crippen LogP contribution in [0.3, 0.4) is 0 Å². The molecule has 0 aliphatic carbocycles. The summed E-state index contributed by atoms with van der Waals surface area (Å²) in [5, 5.41) is -0.326. The van der Waals surface area contributed by atoms with Gasteiger partial charge in [0.25, 0.3) is 0 Å². The van der Waals surface area contributed by atoms with Crippen LogP contribution in [-0.2, 0) is 0 Å². The molecule has 0 nitrogen and oxygen atoms in total. The van der Waals surface area contributed by atoms with E-state index < -0.39 is 66.6 Å². The molecule has 0 saturated heterocycles. The Morgan fingerprint density at radius 1 is 0.600 bits per heavy atom. The highest BCUT2D eigenvalue weighted by Gasteiger charge is 2.90. The smallest absolute Gasteiger partial charge is 0.200 e. The first-order valence-electron chi connectivity index (χ1n) is 7.39. The average molecular weight is 551 g/mol. The third-order valence-electron chi connectivity index (χ3n) is 3.91. The van der Waals surface area contributed by atoms with Crippen molar-refractivity contribution < 1.29 is 70.2 Å². The normalized spacial score (nSPS) is 17.8. The molecule has 182 valence electrons. The predicted molar refractivity (Wildman–Crippen MR) is 72.5 cm³/mol. The third kappa shape index (κ3) is 5.05. The van der Waals surface area contributed by atoms with Crippen molar-refractivity contribution in [2.45, 2.75) is 61.7 Å². The van der Waals surface area contributed by atoms with Gasteiger partial charge < -0.3 is 0 Å². The molecule has 0 aromatic rings. The number of hydrogen-bond donors (Lipinski definition) is 0. The molecular weight excluding hydrogens is 540 g/mol. The Kier molecular flexibility index (Phi) is 8.19. The van der Waals surface area contributed by atoms with Crippen LogP contribution in [0, 0.1) is 11.8 Å². The molecule has 0 aliphatic heterocycles. The van der Waals surface area contributed by atoms with Crippen molar-refractivity contribution in [2.24, 2.45) is 11.8 Å². The van der Waals surface area contributed by atoms with Gasteiger partial charge in [-0.15, -0.1) is 0 Å². The van der Waals surface area contributed by atoms with Crippen molar-refractivity contribution in [1.82, 2.24) is 0 Å². The molecule has 0 saturated carbocycles. The Labute approximate surface area is 166 Å². The highest BCUT2D eigenvalue weighted by molar-refractivity contribution is 9.09. The van der Waals surface area contributed by atoms with E-state index in [1.54, 1.807) is 0 Å². The lowest BCUT2D eigenvalue weighted by atomic mass is 9.85. The number of halogens is 17. The van der Waals surface area contributed by atoms with Gasteiger partial charge in [-0.05, 0) is 12.3 Å². The van der Waals surface area contributed by atoms with Gasteiger partial charge in [-0.25, -0.2) is 0 Å². The van der Waals surface area contributed by atoms with E-state index in [9.17, 15) is 70.2 Å². The zero-order valence-electron chi connectivity index (χ0n) is 14.2. The lowest BCUT2D eigenvalue weighted by Crippen LogP contribution is -2.70. The van der Waals surface area contributed by atoms with Crippen LogP contribution in [0.25, 0.3) is 0 Å². The van der Waals surface area contributed by atoms with Crippen molar-refractivity contribution in [3.8, 4) is 0 Å².